The number of nitrogens with zero attached hydrogens (tertiary/aromatic N) is 1. The van der Waals surface area contributed by atoms with Crippen LogP contribution in [0.15, 0.2) is 0 Å². The maximum atomic E-state index is 5.27. The summed E-state index contributed by atoms with van der Waals surface area (Å²) in [6.45, 7) is 10.6. The summed E-state index contributed by atoms with van der Waals surface area (Å²) in [5, 5.41) is 3.43. The van der Waals surface area contributed by atoms with Gasteiger partial charge in [0.25, 0.3) is 0 Å². The van der Waals surface area contributed by atoms with Crippen molar-refractivity contribution in [2.75, 3.05) is 39.4 Å². The van der Waals surface area contributed by atoms with Crippen LogP contribution >= 0.6 is 0 Å². The molecule has 0 spiro atoms. The number of hydrogen-bond acceptors (Lipinski definition) is 3. The number of ether oxygens (including phenoxy) is 1. The lowest BCUT2D eigenvalue weighted by Crippen LogP contribution is -2.36. The summed E-state index contributed by atoms with van der Waals surface area (Å²) < 4.78 is 5.27. The molecule has 0 radical (unpaired) electrons. The molecule has 1 N–H and O–H groups in total. The second-order valence-corrected chi connectivity index (χ2v) is 4.19. The average Bonchev–Trinajstić information content (AvgIpc) is 2.70. The summed E-state index contributed by atoms with van der Waals surface area (Å²) >= 11 is 0. The van der Waals surface area contributed by atoms with Gasteiger partial charge < -0.3 is 10.1 Å². The molecule has 15 heavy (non-hydrogen) atoms. The number of hydrogen-bond donors (Lipinski definition) is 1. The predicted molar refractivity (Wildman–Crippen MR) is 64.2 cm³/mol. The van der Waals surface area contributed by atoms with Gasteiger partial charge in [0.1, 0.15) is 0 Å². The maximum Gasteiger partial charge on any atom is 0.0590 e. The topological polar surface area (TPSA) is 24.5 Å². The number of rotatable bonds is 8. The molecule has 0 bridgehead atoms. The lowest BCUT2D eigenvalue weighted by molar-refractivity contribution is 0.148. The summed E-state index contributed by atoms with van der Waals surface area (Å²) in [7, 11) is 0. The Labute approximate surface area is 94.2 Å². The average molecular weight is 214 g/mol. The lowest BCUT2D eigenvalue weighted by atomic mass is 10.2. The molecule has 3 nitrogen and oxygen atoms in total. The molecule has 1 aliphatic rings. The van der Waals surface area contributed by atoms with Crippen LogP contribution in [0.1, 0.15) is 33.1 Å². The van der Waals surface area contributed by atoms with Gasteiger partial charge in [0.2, 0.25) is 0 Å². The van der Waals surface area contributed by atoms with Crippen LogP contribution in [0.2, 0.25) is 0 Å². The molecule has 0 aromatic rings. The molecule has 1 rings (SSSR count). The van der Waals surface area contributed by atoms with Gasteiger partial charge in [0.15, 0.2) is 0 Å². The molecule has 90 valence electrons. The van der Waals surface area contributed by atoms with Crippen LogP contribution in [0, 0.1) is 0 Å². The monoisotopic (exact) mass is 214 g/mol. The normalized spacial score (nSPS) is 22.4. The van der Waals surface area contributed by atoms with E-state index in [0.29, 0.717) is 0 Å². The zero-order chi connectivity index (χ0) is 10.9. The van der Waals surface area contributed by atoms with E-state index in [2.05, 4.69) is 17.1 Å². The van der Waals surface area contributed by atoms with Crippen molar-refractivity contribution in [3.63, 3.8) is 0 Å². The summed E-state index contributed by atoms with van der Waals surface area (Å²) in [5.74, 6) is 0. The maximum absolute atomic E-state index is 5.27. The second kappa shape index (κ2) is 8.08. The Bertz CT molecular complexity index is 153. The van der Waals surface area contributed by atoms with Gasteiger partial charge in [0, 0.05) is 32.3 Å². The van der Waals surface area contributed by atoms with Gasteiger partial charge in [-0.1, -0.05) is 6.92 Å². The van der Waals surface area contributed by atoms with E-state index >= 15 is 0 Å². The van der Waals surface area contributed by atoms with Crippen LogP contribution < -0.4 is 5.32 Å². The SMILES string of the molecule is CCOCCNCCN1CCCC1CC. The van der Waals surface area contributed by atoms with Crippen molar-refractivity contribution in [2.45, 2.75) is 39.2 Å². The first-order valence-corrected chi connectivity index (χ1v) is 6.41. The van der Waals surface area contributed by atoms with Gasteiger partial charge in [-0.25, -0.2) is 0 Å². The zero-order valence-corrected chi connectivity index (χ0v) is 10.3. The third kappa shape index (κ3) is 4.96. The molecule has 3 heteroatoms. The highest BCUT2D eigenvalue weighted by Crippen LogP contribution is 2.18. The van der Waals surface area contributed by atoms with Gasteiger partial charge in [-0.15, -0.1) is 0 Å². The molecule has 1 heterocycles. The minimum Gasteiger partial charge on any atom is -0.380 e. The molecular weight excluding hydrogens is 188 g/mol. The molecule has 0 saturated carbocycles. The molecule has 0 aliphatic carbocycles. The highest BCUT2D eigenvalue weighted by atomic mass is 16.5. The largest absolute Gasteiger partial charge is 0.380 e. The Morgan fingerprint density at radius 3 is 2.93 bits per heavy atom. The fourth-order valence-corrected chi connectivity index (χ4v) is 2.29. The van der Waals surface area contributed by atoms with E-state index < -0.39 is 0 Å². The van der Waals surface area contributed by atoms with Crippen LogP contribution in [0.5, 0.6) is 0 Å². The number of likely N-dealkylation sites (tertiary alicyclic amines) is 1. The lowest BCUT2D eigenvalue weighted by Gasteiger charge is -2.23. The summed E-state index contributed by atoms with van der Waals surface area (Å²) in [6.07, 6.45) is 4.09. The van der Waals surface area contributed by atoms with Crippen molar-refractivity contribution in [2.24, 2.45) is 0 Å². The van der Waals surface area contributed by atoms with Crippen molar-refractivity contribution >= 4 is 0 Å². The third-order valence-electron chi connectivity index (χ3n) is 3.17. The van der Waals surface area contributed by atoms with Crippen molar-refractivity contribution in [3.8, 4) is 0 Å². The zero-order valence-electron chi connectivity index (χ0n) is 10.3. The Balaban J connectivity index is 1.95. The molecule has 1 atom stereocenters. The molecule has 1 fully saturated rings. The molecule has 1 saturated heterocycles. The Morgan fingerprint density at radius 1 is 1.33 bits per heavy atom. The first-order valence-electron chi connectivity index (χ1n) is 6.41. The molecule has 0 aromatic carbocycles. The summed E-state index contributed by atoms with van der Waals surface area (Å²) in [4.78, 5) is 2.62. The van der Waals surface area contributed by atoms with Gasteiger partial charge in [0.05, 0.1) is 6.61 Å². The first-order chi connectivity index (χ1) is 7.38. The summed E-state index contributed by atoms with van der Waals surface area (Å²) in [5.41, 5.74) is 0. The van der Waals surface area contributed by atoms with Crippen LogP contribution in [0.25, 0.3) is 0 Å². The van der Waals surface area contributed by atoms with Crippen molar-refractivity contribution in [1.82, 2.24) is 10.2 Å². The van der Waals surface area contributed by atoms with Gasteiger partial charge >= 0.3 is 0 Å². The molecule has 0 amide bonds. The van der Waals surface area contributed by atoms with E-state index in [1.165, 1.54) is 32.4 Å². The second-order valence-electron chi connectivity index (χ2n) is 4.19. The third-order valence-corrected chi connectivity index (χ3v) is 3.17. The van der Waals surface area contributed by atoms with Crippen LogP contribution in [0.4, 0.5) is 0 Å². The fraction of sp³-hybridized carbons (Fsp3) is 1.00. The van der Waals surface area contributed by atoms with E-state index in [-0.39, 0.29) is 0 Å². The van der Waals surface area contributed by atoms with Gasteiger partial charge in [-0.05, 0) is 32.7 Å². The minimum absolute atomic E-state index is 0.825. The van der Waals surface area contributed by atoms with E-state index in [4.69, 9.17) is 4.74 Å². The highest BCUT2D eigenvalue weighted by Gasteiger charge is 2.21. The van der Waals surface area contributed by atoms with E-state index in [0.717, 1.165) is 32.3 Å². The van der Waals surface area contributed by atoms with Crippen molar-refractivity contribution in [1.29, 1.82) is 0 Å². The van der Waals surface area contributed by atoms with E-state index in [9.17, 15) is 0 Å². The quantitative estimate of drug-likeness (QED) is 0.620. The Morgan fingerprint density at radius 2 is 2.20 bits per heavy atom. The van der Waals surface area contributed by atoms with Gasteiger partial charge in [-0.2, -0.15) is 0 Å². The smallest absolute Gasteiger partial charge is 0.0590 e. The Kier molecular flexibility index (Phi) is 6.98. The van der Waals surface area contributed by atoms with Crippen LogP contribution in [0.3, 0.4) is 0 Å². The van der Waals surface area contributed by atoms with E-state index in [1.807, 2.05) is 6.92 Å². The van der Waals surface area contributed by atoms with Gasteiger partial charge in [-0.3, -0.25) is 4.90 Å². The minimum atomic E-state index is 0.825. The predicted octanol–water partition coefficient (Wildman–Crippen LogP) is 1.49. The van der Waals surface area contributed by atoms with E-state index in [1.54, 1.807) is 0 Å². The summed E-state index contributed by atoms with van der Waals surface area (Å²) in [6, 6.07) is 0.846. The first kappa shape index (κ1) is 12.9. The highest BCUT2D eigenvalue weighted by molar-refractivity contribution is 4.78. The molecular formula is C12H26N2O. The van der Waals surface area contributed by atoms with Crippen LogP contribution in [-0.2, 0) is 4.74 Å². The molecule has 1 aliphatic heterocycles. The standard InChI is InChI=1S/C12H26N2O/c1-3-12-6-5-9-14(12)10-7-13-8-11-15-4-2/h12-13H,3-11H2,1-2H3. The molecule has 1 unspecified atom stereocenters. The number of nitrogens with one attached hydrogen (secondary N) is 1. The van der Waals surface area contributed by atoms with Crippen LogP contribution in [-0.4, -0.2) is 50.3 Å². The fourth-order valence-electron chi connectivity index (χ4n) is 2.29. The molecule has 0 aromatic heterocycles. The van der Waals surface area contributed by atoms with Crippen molar-refractivity contribution < 1.29 is 4.74 Å². The van der Waals surface area contributed by atoms with Crippen molar-refractivity contribution in [3.05, 3.63) is 0 Å². The Hall–Kier alpha value is -0.120.